The number of nitrogens with zero attached hydrogens (tertiary/aromatic N) is 4. The van der Waals surface area contributed by atoms with Gasteiger partial charge in [-0.05, 0) is 83.9 Å². The molecule has 14 heteroatoms. The van der Waals surface area contributed by atoms with Gasteiger partial charge in [0.2, 0.25) is 17.7 Å². The van der Waals surface area contributed by atoms with Crippen molar-refractivity contribution in [3.8, 4) is 0 Å². The second kappa shape index (κ2) is 33.2. The number of amides is 3. The Bertz CT molecular complexity index is 2670. The Morgan fingerprint density at radius 1 is 0.442 bits per heavy atom. The molecule has 0 unspecified atom stereocenters. The van der Waals surface area contributed by atoms with Crippen molar-refractivity contribution < 1.29 is 45.9 Å². The molecule has 0 spiro atoms. The average Bonchev–Trinajstić information content (AvgIpc) is 1.78. The number of nitrogens with one attached hydrogen (secondary N) is 2. The van der Waals surface area contributed by atoms with E-state index in [-0.39, 0.29) is 42.0 Å². The first kappa shape index (κ1) is 66.5. The average molecular weight is 1300 g/mol. The highest BCUT2D eigenvalue weighted by Gasteiger charge is 2.58. The van der Waals surface area contributed by atoms with E-state index in [2.05, 4.69) is 180 Å². The second-order valence-electron chi connectivity index (χ2n) is 23.2. The van der Waals surface area contributed by atoms with Gasteiger partial charge in [-0.15, -0.1) is 0 Å². The summed E-state index contributed by atoms with van der Waals surface area (Å²) in [7, 11) is 0. The van der Waals surface area contributed by atoms with E-state index in [1.807, 2.05) is 70.5 Å². The number of ether oxygens (including phenoxy) is 3. The van der Waals surface area contributed by atoms with Crippen molar-refractivity contribution >= 4 is 40.3 Å². The van der Waals surface area contributed by atoms with Gasteiger partial charge < -0.3 is 51.5 Å². The third kappa shape index (κ3) is 14.6. The van der Waals surface area contributed by atoms with Crippen molar-refractivity contribution in [3.05, 3.63) is 215 Å². The van der Waals surface area contributed by atoms with Gasteiger partial charge in [0.25, 0.3) is 0 Å². The Kier molecular flexibility index (Phi) is 25.7. The molecule has 0 aliphatic carbocycles. The lowest BCUT2D eigenvalue weighted by Gasteiger charge is -2.36. The van der Waals surface area contributed by atoms with Gasteiger partial charge in [0.1, 0.15) is 29.3 Å². The molecular formula is C72H92ClIN6O6. The van der Waals surface area contributed by atoms with Gasteiger partial charge >= 0.3 is 0 Å². The van der Waals surface area contributed by atoms with E-state index < -0.39 is 16.2 Å². The highest BCUT2D eigenvalue weighted by Crippen LogP contribution is 2.50. The van der Waals surface area contributed by atoms with Gasteiger partial charge in [0.15, 0.2) is 0 Å². The molecule has 3 atom stereocenters. The number of likely N-dealkylation sites (N-methyl/N-ethyl adjacent to an activating group) is 3. The molecule has 6 aromatic rings. The quantitative estimate of drug-likeness (QED) is 0.0871. The van der Waals surface area contributed by atoms with Gasteiger partial charge in [-0.2, -0.15) is 0 Å². The maximum atomic E-state index is 13.8. The number of hydrogen-bond donors (Lipinski definition) is 2. The van der Waals surface area contributed by atoms with Crippen LogP contribution in [0.15, 0.2) is 182 Å². The van der Waals surface area contributed by atoms with Crippen LogP contribution in [0, 0.1) is 17.8 Å². The molecule has 6 aliphatic heterocycles. The molecule has 3 amide bonds. The Morgan fingerprint density at radius 2 is 0.744 bits per heavy atom. The monoisotopic (exact) mass is 1300 g/mol. The zero-order chi connectivity index (χ0) is 59.3. The van der Waals surface area contributed by atoms with E-state index in [4.69, 9.17) is 14.2 Å². The van der Waals surface area contributed by atoms with Crippen LogP contribution in [0.5, 0.6) is 0 Å². The second-order valence-corrected chi connectivity index (χ2v) is 24.3. The van der Waals surface area contributed by atoms with Gasteiger partial charge in [-0.3, -0.25) is 19.3 Å². The summed E-state index contributed by atoms with van der Waals surface area (Å²) in [5.41, 5.74) is 5.04. The molecule has 0 aromatic heterocycles. The van der Waals surface area contributed by atoms with Gasteiger partial charge in [-0.25, -0.2) is 0 Å². The number of quaternary nitrogens is 1. The third-order valence-corrected chi connectivity index (χ3v) is 19.4. The van der Waals surface area contributed by atoms with Crippen LogP contribution in [-0.4, -0.2) is 173 Å². The predicted molar refractivity (Wildman–Crippen MR) is 348 cm³/mol. The highest BCUT2D eigenvalue weighted by atomic mass is 127. The van der Waals surface area contributed by atoms with Crippen LogP contribution in [-0.2, 0) is 44.8 Å². The molecule has 2 N–H and O–H groups in total. The summed E-state index contributed by atoms with van der Waals surface area (Å²) in [5.74, 6) is 1.62. The Balaban J connectivity index is 0.000000159. The Labute approximate surface area is 532 Å². The molecule has 460 valence electrons. The lowest BCUT2D eigenvalue weighted by atomic mass is 9.66. The van der Waals surface area contributed by atoms with Crippen molar-refractivity contribution in [1.29, 1.82) is 0 Å². The lowest BCUT2D eigenvalue weighted by molar-refractivity contribution is -0.908. The fourth-order valence-corrected chi connectivity index (χ4v) is 15.2. The summed E-state index contributed by atoms with van der Waals surface area (Å²) in [6.45, 7) is 24.4. The standard InChI is InChI=1S/2C24H30N2O2.C20H22INO.C4H9NO.ClH/c2*1-2-26-19-22(13-14-25-15-17-28-18-16-25)24(23(26)27,20-9-5-3-6-10-20)21-11-7-4-8-12-21;1-2-22-15-18(13-14-21)20(19(22)23,16-9-5-3-6-10-16)17-11-7-4-8-12-17;1-3-6-4-2-5-1;/h2*3-12,22H,2,13-19H2,1H3;3-12,18H,2,13-15H2,1H3;5H,1-4H2;1H/t2*22-;18-;;/m000../s1. The smallest absolute Gasteiger partial charge is 0.238 e. The first-order valence-corrected chi connectivity index (χ1v) is 33.1. The van der Waals surface area contributed by atoms with Crippen molar-refractivity contribution in [2.45, 2.75) is 56.3 Å². The van der Waals surface area contributed by atoms with E-state index in [0.717, 1.165) is 188 Å². The van der Waals surface area contributed by atoms with Crippen LogP contribution in [0.3, 0.4) is 0 Å². The van der Waals surface area contributed by atoms with E-state index in [1.165, 1.54) is 0 Å². The van der Waals surface area contributed by atoms with Crippen molar-refractivity contribution in [2.24, 2.45) is 17.8 Å². The minimum absolute atomic E-state index is 0. The van der Waals surface area contributed by atoms with E-state index in [0.29, 0.717) is 5.92 Å². The van der Waals surface area contributed by atoms with Crippen LogP contribution in [0.4, 0.5) is 0 Å². The Morgan fingerprint density at radius 3 is 1.03 bits per heavy atom. The SMILES string of the molecule is C1COCCN1.CCN1C[C@H](CCI)C(c2ccccc2)(c2ccccc2)C1=O.CCN1C[C@H](CCN2CCOCC2)C(c2ccccc2)(c2ccccc2)C1=O.CCN1C[C@H](CC[NH+]2CCOCC2)C(c2ccccc2)(c2ccccc2)C1=O.[Cl-]. The molecule has 0 radical (unpaired) electrons. The molecule has 86 heavy (non-hydrogen) atoms. The highest BCUT2D eigenvalue weighted by molar-refractivity contribution is 14.1. The molecule has 12 rings (SSSR count). The molecule has 6 aliphatic rings. The van der Waals surface area contributed by atoms with Crippen LogP contribution >= 0.6 is 22.6 Å². The summed E-state index contributed by atoms with van der Waals surface area (Å²) in [6, 6.07) is 62.4. The normalized spacial score (nSPS) is 21.7. The Hall–Kier alpha value is -5.49. The minimum atomic E-state index is -0.592. The molecule has 0 saturated carbocycles. The summed E-state index contributed by atoms with van der Waals surface area (Å²) in [5, 5.41) is 3.16. The van der Waals surface area contributed by atoms with Crippen LogP contribution in [0.2, 0.25) is 0 Å². The number of halogens is 2. The van der Waals surface area contributed by atoms with E-state index in [1.54, 1.807) is 4.90 Å². The molecule has 12 nitrogen and oxygen atoms in total. The summed E-state index contributed by atoms with van der Waals surface area (Å²) >= 11 is 2.43. The lowest BCUT2D eigenvalue weighted by Crippen LogP contribution is -3.14. The van der Waals surface area contributed by atoms with Crippen molar-refractivity contribution in [3.63, 3.8) is 0 Å². The van der Waals surface area contributed by atoms with Crippen molar-refractivity contribution in [2.75, 3.05) is 136 Å². The van der Waals surface area contributed by atoms with Crippen molar-refractivity contribution in [1.82, 2.24) is 24.9 Å². The van der Waals surface area contributed by atoms with Crippen LogP contribution in [0.25, 0.3) is 0 Å². The maximum absolute atomic E-state index is 13.8. The molecular weight excluding hydrogens is 1210 g/mol. The van der Waals surface area contributed by atoms with E-state index >= 15 is 0 Å². The zero-order valence-corrected chi connectivity index (χ0v) is 53.9. The van der Waals surface area contributed by atoms with Gasteiger partial charge in [0, 0.05) is 83.7 Å². The van der Waals surface area contributed by atoms with Crippen LogP contribution in [0.1, 0.15) is 73.4 Å². The van der Waals surface area contributed by atoms with Gasteiger partial charge in [0.05, 0.1) is 46.2 Å². The molecule has 6 heterocycles. The van der Waals surface area contributed by atoms with E-state index in [9.17, 15) is 14.4 Å². The number of alkyl halides is 1. The topological polar surface area (TPSA) is 108 Å². The number of hydrogen-bond acceptors (Lipinski definition) is 8. The zero-order valence-electron chi connectivity index (χ0n) is 51.0. The fraction of sp³-hybridized carbons (Fsp3) is 0.458. The number of benzene rings is 6. The predicted octanol–water partition coefficient (Wildman–Crippen LogP) is 5.82. The van der Waals surface area contributed by atoms with Crippen LogP contribution < -0.4 is 22.6 Å². The number of rotatable bonds is 17. The largest absolute Gasteiger partial charge is 1.00 e. The number of carbonyl (C=O) groups excluding carboxylic acids is 3. The summed E-state index contributed by atoms with van der Waals surface area (Å²) in [6.07, 6.45) is 3.10. The fourth-order valence-electron chi connectivity index (χ4n) is 14.4. The third-order valence-electron chi connectivity index (χ3n) is 18.8. The first-order valence-electron chi connectivity index (χ1n) is 31.5. The summed E-state index contributed by atoms with van der Waals surface area (Å²) < 4.78 is 17.1. The number of carbonyl (C=O) groups is 3. The molecule has 6 aromatic carbocycles. The number of likely N-dealkylation sites (tertiary alicyclic amines) is 3. The minimum Gasteiger partial charge on any atom is -1.00 e. The number of morpholine rings is 3. The molecule has 6 saturated heterocycles. The first-order chi connectivity index (χ1) is 41.8. The summed E-state index contributed by atoms with van der Waals surface area (Å²) in [4.78, 5) is 51.3. The molecule has 0 bridgehead atoms. The molecule has 6 fully saturated rings. The maximum Gasteiger partial charge on any atom is 0.238 e. The van der Waals surface area contributed by atoms with Gasteiger partial charge in [-0.1, -0.05) is 205 Å².